The van der Waals surface area contributed by atoms with E-state index in [1.54, 1.807) is 67.8 Å². The van der Waals surface area contributed by atoms with Gasteiger partial charge >= 0.3 is 6.55 Å². The average molecular weight is 407 g/mol. The molecule has 4 rings (SSSR count). The monoisotopic (exact) mass is 407 g/mol. The number of alkyl halides is 2. The van der Waals surface area contributed by atoms with E-state index in [4.69, 9.17) is 4.74 Å². The molecular formula is C23H19F2N3O2. The normalized spacial score (nSPS) is 11.2. The van der Waals surface area contributed by atoms with Crippen molar-refractivity contribution in [1.82, 2.24) is 9.55 Å². The summed E-state index contributed by atoms with van der Waals surface area (Å²) in [7, 11) is 1.61. The summed E-state index contributed by atoms with van der Waals surface area (Å²) in [5.74, 6) is -0.0793. The number of nitrogens with one attached hydrogen (secondary N) is 1. The molecule has 0 unspecified atom stereocenters. The number of para-hydroxylation sites is 2. The summed E-state index contributed by atoms with van der Waals surface area (Å²) in [4.78, 5) is 16.8. The van der Waals surface area contributed by atoms with Gasteiger partial charge in [0.1, 0.15) is 5.82 Å². The lowest BCUT2D eigenvalue weighted by Gasteiger charge is -2.09. The molecule has 1 amide bonds. The highest BCUT2D eigenvalue weighted by Crippen LogP contribution is 2.30. The number of halogens is 2. The molecule has 30 heavy (non-hydrogen) atoms. The molecule has 5 nitrogen and oxygen atoms in total. The van der Waals surface area contributed by atoms with Crippen molar-refractivity contribution in [3.05, 3.63) is 83.9 Å². The van der Waals surface area contributed by atoms with E-state index in [1.165, 1.54) is 0 Å². The number of carbonyl (C=O) groups excluding carboxylic acids is 1. The smallest absolute Gasteiger partial charge is 0.320 e. The minimum atomic E-state index is -2.71. The highest BCUT2D eigenvalue weighted by Gasteiger charge is 2.18. The largest absolute Gasteiger partial charge is 0.380 e. The quantitative estimate of drug-likeness (QED) is 0.459. The Balaban J connectivity index is 1.55. The highest BCUT2D eigenvalue weighted by atomic mass is 19.3. The van der Waals surface area contributed by atoms with Gasteiger partial charge in [-0.3, -0.25) is 9.36 Å². The van der Waals surface area contributed by atoms with Crippen LogP contribution in [0.1, 0.15) is 22.5 Å². The number of methoxy groups -OCH3 is 1. The molecule has 0 saturated carbocycles. The fourth-order valence-corrected chi connectivity index (χ4v) is 3.27. The van der Waals surface area contributed by atoms with Crippen molar-refractivity contribution < 1.29 is 18.3 Å². The van der Waals surface area contributed by atoms with Crippen LogP contribution in [0.25, 0.3) is 22.4 Å². The first kappa shape index (κ1) is 19.7. The number of ether oxygens (including phenoxy) is 1. The molecule has 0 saturated heterocycles. The van der Waals surface area contributed by atoms with Crippen LogP contribution in [-0.4, -0.2) is 22.6 Å². The fourth-order valence-electron chi connectivity index (χ4n) is 3.27. The Kier molecular flexibility index (Phi) is 5.54. The number of benzene rings is 3. The molecule has 0 bridgehead atoms. The standard InChI is InChI=1S/C23H19F2N3O2/c1-30-14-15-6-8-17(9-7-15)22(29)26-18-12-10-16(11-13-18)21-27-19-4-2-3-5-20(19)28(21)23(24)25/h2-13,23H,14H2,1H3,(H,26,29). The third kappa shape index (κ3) is 3.92. The molecule has 152 valence electrons. The Morgan fingerprint density at radius 1 is 1.03 bits per heavy atom. The maximum Gasteiger partial charge on any atom is 0.320 e. The summed E-state index contributed by atoms with van der Waals surface area (Å²) >= 11 is 0. The molecule has 1 N–H and O–H groups in total. The Morgan fingerprint density at radius 2 is 1.73 bits per heavy atom. The Hall–Kier alpha value is -3.58. The Bertz CT molecular complexity index is 1170. The lowest BCUT2D eigenvalue weighted by molar-refractivity contribution is 0.0764. The average Bonchev–Trinajstić information content (AvgIpc) is 3.15. The molecule has 0 radical (unpaired) electrons. The molecular weight excluding hydrogens is 388 g/mol. The minimum absolute atomic E-state index is 0.179. The molecule has 0 atom stereocenters. The van der Waals surface area contributed by atoms with Crippen LogP contribution in [0.3, 0.4) is 0 Å². The van der Waals surface area contributed by atoms with E-state index in [0.717, 1.165) is 10.1 Å². The second-order valence-electron chi connectivity index (χ2n) is 6.73. The fraction of sp³-hybridized carbons (Fsp3) is 0.130. The molecule has 1 heterocycles. The van der Waals surface area contributed by atoms with E-state index in [1.807, 2.05) is 12.1 Å². The summed E-state index contributed by atoms with van der Waals surface area (Å²) in [6.07, 6.45) is 0. The number of imidazole rings is 1. The van der Waals surface area contributed by atoms with E-state index in [0.29, 0.717) is 34.5 Å². The predicted octanol–water partition coefficient (Wildman–Crippen LogP) is 5.50. The zero-order valence-electron chi connectivity index (χ0n) is 16.2. The minimum Gasteiger partial charge on any atom is -0.380 e. The SMILES string of the molecule is COCc1ccc(C(=O)Nc2ccc(-c3nc4ccccc4n3C(F)F)cc2)cc1. The van der Waals surface area contributed by atoms with Crippen molar-refractivity contribution >= 4 is 22.6 Å². The van der Waals surface area contributed by atoms with Crippen molar-refractivity contribution in [2.45, 2.75) is 13.2 Å². The van der Waals surface area contributed by atoms with Gasteiger partial charge in [-0.15, -0.1) is 0 Å². The molecule has 7 heteroatoms. The summed E-state index contributed by atoms with van der Waals surface area (Å²) in [5, 5.41) is 2.81. The molecule has 0 aliphatic heterocycles. The molecule has 1 aromatic heterocycles. The first-order valence-corrected chi connectivity index (χ1v) is 9.31. The van der Waals surface area contributed by atoms with Crippen LogP contribution in [0.4, 0.5) is 14.5 Å². The summed E-state index contributed by atoms with van der Waals surface area (Å²) in [6.45, 7) is -2.24. The van der Waals surface area contributed by atoms with Crippen LogP contribution in [0.2, 0.25) is 0 Å². The maximum absolute atomic E-state index is 13.7. The summed E-state index contributed by atoms with van der Waals surface area (Å²) in [5.41, 5.74) is 3.45. The molecule has 0 fully saturated rings. The van der Waals surface area contributed by atoms with E-state index in [9.17, 15) is 13.6 Å². The topological polar surface area (TPSA) is 56.1 Å². The van der Waals surface area contributed by atoms with Gasteiger partial charge in [0.05, 0.1) is 17.6 Å². The molecule has 0 spiro atoms. The first-order valence-electron chi connectivity index (χ1n) is 9.31. The van der Waals surface area contributed by atoms with E-state index in [2.05, 4.69) is 10.3 Å². The predicted molar refractivity (Wildman–Crippen MR) is 112 cm³/mol. The van der Waals surface area contributed by atoms with Crippen LogP contribution >= 0.6 is 0 Å². The molecule has 4 aromatic rings. The number of aromatic nitrogens is 2. The van der Waals surface area contributed by atoms with Gasteiger partial charge in [0, 0.05) is 23.9 Å². The van der Waals surface area contributed by atoms with Crippen molar-refractivity contribution in [1.29, 1.82) is 0 Å². The number of fused-ring (bicyclic) bond motifs is 1. The van der Waals surface area contributed by atoms with Crippen molar-refractivity contribution in [2.75, 3.05) is 12.4 Å². The van der Waals surface area contributed by atoms with E-state index in [-0.39, 0.29) is 11.7 Å². The van der Waals surface area contributed by atoms with Gasteiger partial charge in [0.2, 0.25) is 0 Å². The first-order chi connectivity index (χ1) is 14.6. The highest BCUT2D eigenvalue weighted by molar-refractivity contribution is 6.04. The number of amides is 1. The lowest BCUT2D eigenvalue weighted by atomic mass is 10.1. The van der Waals surface area contributed by atoms with Gasteiger partial charge in [-0.1, -0.05) is 24.3 Å². The van der Waals surface area contributed by atoms with Gasteiger partial charge in [-0.05, 0) is 54.1 Å². The third-order valence-electron chi connectivity index (χ3n) is 4.72. The number of hydrogen-bond donors (Lipinski definition) is 1. The zero-order valence-corrected chi connectivity index (χ0v) is 16.2. The Morgan fingerprint density at radius 3 is 2.40 bits per heavy atom. The van der Waals surface area contributed by atoms with Gasteiger partial charge in [-0.25, -0.2) is 4.98 Å². The van der Waals surface area contributed by atoms with Crippen LogP contribution in [0.5, 0.6) is 0 Å². The van der Waals surface area contributed by atoms with Crippen LogP contribution < -0.4 is 5.32 Å². The van der Waals surface area contributed by atoms with Crippen LogP contribution in [0, 0.1) is 0 Å². The maximum atomic E-state index is 13.7. The van der Waals surface area contributed by atoms with Crippen LogP contribution in [0.15, 0.2) is 72.8 Å². The molecule has 3 aromatic carbocycles. The van der Waals surface area contributed by atoms with Crippen molar-refractivity contribution in [3.8, 4) is 11.4 Å². The number of rotatable bonds is 6. The summed E-state index contributed by atoms with van der Waals surface area (Å²) in [6, 6.07) is 20.5. The molecule has 0 aliphatic rings. The van der Waals surface area contributed by atoms with Crippen molar-refractivity contribution in [3.63, 3.8) is 0 Å². The lowest BCUT2D eigenvalue weighted by Crippen LogP contribution is -2.11. The van der Waals surface area contributed by atoms with E-state index < -0.39 is 6.55 Å². The second-order valence-corrected chi connectivity index (χ2v) is 6.73. The van der Waals surface area contributed by atoms with Crippen LogP contribution in [-0.2, 0) is 11.3 Å². The van der Waals surface area contributed by atoms with Gasteiger partial charge in [0.15, 0.2) is 0 Å². The number of nitrogens with zero attached hydrogens (tertiary/aromatic N) is 2. The third-order valence-corrected chi connectivity index (χ3v) is 4.72. The van der Waals surface area contributed by atoms with Crippen molar-refractivity contribution in [2.24, 2.45) is 0 Å². The Labute approximate surface area is 171 Å². The van der Waals surface area contributed by atoms with Gasteiger partial charge in [0.25, 0.3) is 5.91 Å². The van der Waals surface area contributed by atoms with Gasteiger partial charge in [-0.2, -0.15) is 8.78 Å². The number of hydrogen-bond acceptors (Lipinski definition) is 3. The van der Waals surface area contributed by atoms with E-state index >= 15 is 0 Å². The number of carbonyl (C=O) groups is 1. The zero-order chi connectivity index (χ0) is 21.1. The van der Waals surface area contributed by atoms with Gasteiger partial charge < -0.3 is 10.1 Å². The number of anilines is 1. The summed E-state index contributed by atoms with van der Waals surface area (Å²) < 4.78 is 33.3. The second kappa shape index (κ2) is 8.42. The molecule has 0 aliphatic carbocycles.